The average molecular weight is 310 g/mol. The van der Waals surface area contributed by atoms with Gasteiger partial charge in [0.2, 0.25) is 16.0 Å². The van der Waals surface area contributed by atoms with Gasteiger partial charge in [0.15, 0.2) is 10.8 Å². The van der Waals surface area contributed by atoms with E-state index in [1.807, 2.05) is 0 Å². The Bertz CT molecular complexity index is 657. The molecule has 0 saturated carbocycles. The molecule has 0 aliphatic heterocycles. The van der Waals surface area contributed by atoms with Crippen LogP contribution in [0, 0.1) is 0 Å². The van der Waals surface area contributed by atoms with E-state index in [1.165, 1.54) is 6.33 Å². The molecular weight excluding hydrogens is 301 g/mol. The Balaban J connectivity index is 2.26. The van der Waals surface area contributed by atoms with Crippen molar-refractivity contribution in [1.82, 2.24) is 19.9 Å². The second-order valence-electron chi connectivity index (χ2n) is 3.40. The summed E-state index contributed by atoms with van der Waals surface area (Å²) in [6.07, 6.45) is 1.74. The molecule has 0 unspecified atom stereocenters. The average Bonchev–Trinajstić information content (AvgIpc) is 2.74. The van der Waals surface area contributed by atoms with Crippen molar-refractivity contribution in [1.29, 1.82) is 0 Å². The smallest absolute Gasteiger partial charge is 0.240 e. The zero-order chi connectivity index (χ0) is 13.2. The van der Waals surface area contributed by atoms with Crippen molar-refractivity contribution < 1.29 is 8.42 Å². The summed E-state index contributed by atoms with van der Waals surface area (Å²) < 4.78 is 25.5. The standard InChI is InChI=1S/C8H9Cl2N5O2S/c9-2-1-3-18(16,17)15-8-13-6(10)5-7(14-8)12-4-11-5/h4H,1-3H2,(H2,11,12,13,14,15). The maximum absolute atomic E-state index is 11.6. The lowest BCUT2D eigenvalue weighted by molar-refractivity contribution is 0.599. The number of nitrogens with zero attached hydrogens (tertiary/aromatic N) is 3. The molecule has 0 atom stereocenters. The van der Waals surface area contributed by atoms with E-state index < -0.39 is 10.0 Å². The molecule has 0 saturated heterocycles. The fraction of sp³-hybridized carbons (Fsp3) is 0.375. The highest BCUT2D eigenvalue weighted by atomic mass is 35.5. The first-order valence-electron chi connectivity index (χ1n) is 4.95. The number of hydrogen-bond donors (Lipinski definition) is 2. The van der Waals surface area contributed by atoms with Crippen LogP contribution in [0.25, 0.3) is 11.2 Å². The van der Waals surface area contributed by atoms with Crippen LogP contribution in [0.1, 0.15) is 6.42 Å². The molecular formula is C8H9Cl2N5O2S. The zero-order valence-corrected chi connectivity index (χ0v) is 11.3. The summed E-state index contributed by atoms with van der Waals surface area (Å²) in [4.78, 5) is 14.4. The van der Waals surface area contributed by atoms with Crippen LogP contribution in [0.5, 0.6) is 0 Å². The summed E-state index contributed by atoms with van der Waals surface area (Å²) in [6, 6.07) is 0. The quantitative estimate of drug-likeness (QED) is 0.642. The third kappa shape index (κ3) is 3.01. The van der Waals surface area contributed by atoms with Gasteiger partial charge in [0.25, 0.3) is 0 Å². The van der Waals surface area contributed by atoms with Crippen LogP contribution in [0.2, 0.25) is 5.15 Å². The molecule has 0 aliphatic carbocycles. The second kappa shape index (κ2) is 5.25. The molecule has 2 aromatic rings. The number of hydrogen-bond acceptors (Lipinski definition) is 5. The molecule has 2 aromatic heterocycles. The largest absolute Gasteiger partial charge is 0.341 e. The van der Waals surface area contributed by atoms with Crippen molar-refractivity contribution in [3.05, 3.63) is 11.5 Å². The molecule has 0 radical (unpaired) electrons. The van der Waals surface area contributed by atoms with Crippen molar-refractivity contribution in [2.24, 2.45) is 0 Å². The molecule has 7 nitrogen and oxygen atoms in total. The van der Waals surface area contributed by atoms with Crippen molar-refractivity contribution in [3.63, 3.8) is 0 Å². The number of imidazole rings is 1. The van der Waals surface area contributed by atoms with E-state index in [9.17, 15) is 8.42 Å². The Hall–Kier alpha value is -1.12. The Kier molecular flexibility index (Phi) is 3.88. The number of fused-ring (bicyclic) bond motifs is 1. The summed E-state index contributed by atoms with van der Waals surface area (Å²) in [6.45, 7) is 0. The number of alkyl halides is 1. The normalized spacial score (nSPS) is 11.9. The third-order valence-corrected chi connectivity index (χ3v) is 3.90. The summed E-state index contributed by atoms with van der Waals surface area (Å²) in [5.41, 5.74) is 0.755. The fourth-order valence-electron chi connectivity index (χ4n) is 1.28. The number of nitrogens with one attached hydrogen (secondary N) is 2. The second-order valence-corrected chi connectivity index (χ2v) is 5.98. The molecule has 18 heavy (non-hydrogen) atoms. The van der Waals surface area contributed by atoms with E-state index in [0.717, 1.165) is 0 Å². The number of H-pyrrole nitrogens is 1. The minimum Gasteiger partial charge on any atom is -0.341 e. The highest BCUT2D eigenvalue weighted by Crippen LogP contribution is 2.18. The van der Waals surface area contributed by atoms with E-state index >= 15 is 0 Å². The monoisotopic (exact) mass is 309 g/mol. The van der Waals surface area contributed by atoms with E-state index in [-0.39, 0.29) is 22.7 Å². The Morgan fingerprint density at radius 1 is 1.39 bits per heavy atom. The van der Waals surface area contributed by atoms with Crippen molar-refractivity contribution in [2.45, 2.75) is 6.42 Å². The number of rotatable bonds is 5. The molecule has 2 heterocycles. The Morgan fingerprint density at radius 2 is 2.17 bits per heavy atom. The Morgan fingerprint density at radius 3 is 2.89 bits per heavy atom. The molecule has 2 N–H and O–H groups in total. The summed E-state index contributed by atoms with van der Waals surface area (Å²) in [5.74, 6) is 0.0611. The first-order valence-corrected chi connectivity index (χ1v) is 7.51. The molecule has 0 aromatic carbocycles. The van der Waals surface area contributed by atoms with E-state index in [1.54, 1.807) is 0 Å². The highest BCUT2D eigenvalue weighted by Gasteiger charge is 2.14. The van der Waals surface area contributed by atoms with Gasteiger partial charge in [0, 0.05) is 5.88 Å². The molecule has 0 fully saturated rings. The first-order chi connectivity index (χ1) is 8.52. The molecule has 10 heteroatoms. The van der Waals surface area contributed by atoms with Gasteiger partial charge in [-0.25, -0.2) is 13.4 Å². The van der Waals surface area contributed by atoms with Crippen LogP contribution in [0.4, 0.5) is 5.95 Å². The van der Waals surface area contributed by atoms with E-state index in [4.69, 9.17) is 23.2 Å². The summed E-state index contributed by atoms with van der Waals surface area (Å²) >= 11 is 11.3. The van der Waals surface area contributed by atoms with Gasteiger partial charge in [-0.3, -0.25) is 4.72 Å². The SMILES string of the molecule is O=S(=O)(CCCCl)Nc1nc(Cl)c2[nH]cnc2n1. The van der Waals surface area contributed by atoms with Gasteiger partial charge in [0.1, 0.15) is 5.52 Å². The number of halogens is 2. The lowest BCUT2D eigenvalue weighted by Gasteiger charge is -2.05. The maximum Gasteiger partial charge on any atom is 0.240 e. The topological polar surface area (TPSA) is 101 Å². The predicted molar refractivity (Wildman–Crippen MR) is 69.4 cm³/mol. The molecule has 98 valence electrons. The van der Waals surface area contributed by atoms with Crippen LogP contribution < -0.4 is 4.72 Å². The number of aromatic amines is 1. The lowest BCUT2D eigenvalue weighted by Crippen LogP contribution is -2.18. The number of aromatic nitrogens is 4. The van der Waals surface area contributed by atoms with E-state index in [2.05, 4.69) is 24.7 Å². The fourth-order valence-corrected chi connectivity index (χ4v) is 2.79. The molecule has 0 bridgehead atoms. The minimum absolute atomic E-state index is 0.101. The maximum atomic E-state index is 11.6. The van der Waals surface area contributed by atoms with Gasteiger partial charge in [-0.1, -0.05) is 11.6 Å². The van der Waals surface area contributed by atoms with Gasteiger partial charge in [-0.2, -0.15) is 9.97 Å². The van der Waals surface area contributed by atoms with Gasteiger partial charge in [0.05, 0.1) is 12.1 Å². The summed E-state index contributed by atoms with van der Waals surface area (Å²) in [5, 5.41) is 0.104. The molecule has 0 aliphatic rings. The van der Waals surface area contributed by atoms with Gasteiger partial charge < -0.3 is 4.98 Å². The first kappa shape index (κ1) is 13.3. The van der Waals surface area contributed by atoms with Crippen LogP contribution in [0.3, 0.4) is 0 Å². The third-order valence-electron chi connectivity index (χ3n) is 2.03. The number of anilines is 1. The minimum atomic E-state index is -3.52. The van der Waals surface area contributed by atoms with Crippen molar-refractivity contribution in [3.8, 4) is 0 Å². The van der Waals surface area contributed by atoms with Crippen LogP contribution in [-0.2, 0) is 10.0 Å². The highest BCUT2D eigenvalue weighted by molar-refractivity contribution is 7.92. The Labute approximate surface area is 113 Å². The molecule has 0 spiro atoms. The van der Waals surface area contributed by atoms with Crippen LogP contribution in [0.15, 0.2) is 6.33 Å². The predicted octanol–water partition coefficient (Wildman–Crippen LogP) is 1.38. The molecule has 0 amide bonds. The number of sulfonamides is 1. The lowest BCUT2D eigenvalue weighted by atomic mass is 10.6. The molecule has 2 rings (SSSR count). The summed E-state index contributed by atoms with van der Waals surface area (Å²) in [7, 11) is -3.52. The zero-order valence-electron chi connectivity index (χ0n) is 9.02. The van der Waals surface area contributed by atoms with Crippen LogP contribution >= 0.6 is 23.2 Å². The van der Waals surface area contributed by atoms with Crippen molar-refractivity contribution in [2.75, 3.05) is 16.4 Å². The van der Waals surface area contributed by atoms with Gasteiger partial charge in [-0.05, 0) is 6.42 Å². The van der Waals surface area contributed by atoms with Gasteiger partial charge in [-0.15, -0.1) is 11.6 Å². The van der Waals surface area contributed by atoms with E-state index in [0.29, 0.717) is 17.6 Å². The van der Waals surface area contributed by atoms with Gasteiger partial charge >= 0.3 is 0 Å². The van der Waals surface area contributed by atoms with Crippen LogP contribution in [-0.4, -0.2) is 40.0 Å². The van der Waals surface area contributed by atoms with Crippen molar-refractivity contribution >= 4 is 50.3 Å².